The molecule has 0 spiro atoms. The van der Waals surface area contributed by atoms with E-state index in [1.165, 1.54) is 19.5 Å². The van der Waals surface area contributed by atoms with Crippen molar-refractivity contribution in [2.24, 2.45) is 12.8 Å². The third kappa shape index (κ3) is 5.05. The summed E-state index contributed by atoms with van der Waals surface area (Å²) in [7, 11) is 1.44. The minimum atomic E-state index is -0.699. The Labute approximate surface area is 218 Å². The number of aryl methyl sites for hydroxylation is 1. The van der Waals surface area contributed by atoms with Gasteiger partial charge in [0, 0.05) is 37.3 Å². The number of halogens is 2. The minimum absolute atomic E-state index is 0.00662. The molecule has 14 heteroatoms. The van der Waals surface area contributed by atoms with Gasteiger partial charge in [0.1, 0.15) is 18.0 Å². The highest BCUT2D eigenvalue weighted by molar-refractivity contribution is 5.63. The Bertz CT molecular complexity index is 1370. The van der Waals surface area contributed by atoms with Gasteiger partial charge in [0.2, 0.25) is 5.95 Å². The lowest BCUT2D eigenvalue weighted by Crippen LogP contribution is -2.55. The molecule has 0 amide bonds. The molecule has 0 saturated carbocycles. The quantitative estimate of drug-likeness (QED) is 0.396. The van der Waals surface area contributed by atoms with Gasteiger partial charge in [-0.25, -0.2) is 18.6 Å². The maximum atomic E-state index is 15.1. The summed E-state index contributed by atoms with van der Waals surface area (Å²) in [5.41, 5.74) is 5.04. The number of ether oxygens (including phenoxy) is 1. The molecule has 0 unspecified atom stereocenters. The minimum Gasteiger partial charge on any atom is -0.490 e. The van der Waals surface area contributed by atoms with Gasteiger partial charge in [0.25, 0.3) is 0 Å². The second-order valence-corrected chi connectivity index (χ2v) is 10.3. The van der Waals surface area contributed by atoms with E-state index in [2.05, 4.69) is 49.8 Å². The van der Waals surface area contributed by atoms with Crippen molar-refractivity contribution in [3.63, 3.8) is 0 Å². The van der Waals surface area contributed by atoms with E-state index in [0.29, 0.717) is 6.04 Å². The number of nitrogens with zero attached hydrogens (tertiary/aromatic N) is 7. The summed E-state index contributed by atoms with van der Waals surface area (Å²) in [6.45, 7) is 5.80. The maximum Gasteiger partial charge on any atom is 0.368 e. The SMILES string of the molecule is Cn1nnn(-c2cc(Nc3ncc(F)c(N[C@@H]4C[C@@H]5CCCN5C(C)(C)C4)n3)c(F)cc2OCCN)c1=O. The van der Waals surface area contributed by atoms with E-state index in [9.17, 15) is 9.18 Å². The molecule has 5 rings (SSSR count). The summed E-state index contributed by atoms with van der Waals surface area (Å²) in [4.78, 5) is 23.3. The average Bonchev–Trinajstić information content (AvgIpc) is 3.48. The lowest BCUT2D eigenvalue weighted by molar-refractivity contribution is 0.0500. The summed E-state index contributed by atoms with van der Waals surface area (Å²) in [6.07, 6.45) is 5.07. The van der Waals surface area contributed by atoms with Crippen LogP contribution in [-0.2, 0) is 7.05 Å². The number of hydrogen-bond acceptors (Lipinski definition) is 10. The van der Waals surface area contributed by atoms with Crippen molar-refractivity contribution in [3.05, 3.63) is 40.4 Å². The van der Waals surface area contributed by atoms with E-state index in [4.69, 9.17) is 10.5 Å². The number of nitrogens with one attached hydrogen (secondary N) is 2. The number of aromatic nitrogens is 6. The normalized spacial score (nSPS) is 20.8. The molecule has 4 N–H and O–H groups in total. The summed E-state index contributed by atoms with van der Waals surface area (Å²) in [6, 6.07) is 2.92. The standard InChI is InChI=1S/C24H32F2N10O2/c1-24(2)12-14(9-15-5-4-7-35(15)24)29-21-17(26)13-28-22(31-21)30-18-11-19(36-23(37)34(3)32-33-36)20(10-16(18)25)38-8-6-27/h10-11,13-15H,4-9,12,27H2,1-3H3,(H2,28,29,30,31)/t14-,15+/m1/s1. The Morgan fingerprint density at radius 1 is 1.24 bits per heavy atom. The van der Waals surface area contributed by atoms with Gasteiger partial charge in [-0.15, -0.1) is 0 Å². The van der Waals surface area contributed by atoms with Crippen molar-refractivity contribution in [2.45, 2.75) is 57.2 Å². The van der Waals surface area contributed by atoms with Gasteiger partial charge < -0.3 is 21.1 Å². The lowest BCUT2D eigenvalue weighted by Gasteiger charge is -2.47. The third-order valence-electron chi connectivity index (χ3n) is 7.16. The van der Waals surface area contributed by atoms with Crippen LogP contribution in [-0.4, -0.2) is 72.0 Å². The number of benzene rings is 1. The maximum absolute atomic E-state index is 15.1. The van der Waals surface area contributed by atoms with Gasteiger partial charge in [-0.2, -0.15) is 14.3 Å². The Hall–Kier alpha value is -3.65. The van der Waals surface area contributed by atoms with Crippen LogP contribution in [0.15, 0.2) is 23.1 Å². The van der Waals surface area contributed by atoms with Gasteiger partial charge in [-0.3, -0.25) is 4.90 Å². The van der Waals surface area contributed by atoms with Crippen molar-refractivity contribution in [1.82, 2.24) is 34.7 Å². The molecule has 3 aromatic rings. The molecule has 0 bridgehead atoms. The monoisotopic (exact) mass is 530 g/mol. The van der Waals surface area contributed by atoms with Crippen LogP contribution in [0, 0.1) is 11.6 Å². The van der Waals surface area contributed by atoms with Crippen molar-refractivity contribution >= 4 is 17.5 Å². The summed E-state index contributed by atoms with van der Waals surface area (Å²) < 4.78 is 37.3. The fourth-order valence-corrected chi connectivity index (χ4v) is 5.52. The summed E-state index contributed by atoms with van der Waals surface area (Å²) in [5, 5.41) is 13.6. The molecule has 38 heavy (non-hydrogen) atoms. The van der Waals surface area contributed by atoms with Crippen LogP contribution in [0.4, 0.5) is 26.2 Å². The second-order valence-electron chi connectivity index (χ2n) is 10.3. The molecule has 4 heterocycles. The predicted octanol–water partition coefficient (Wildman–Crippen LogP) is 1.93. The fraction of sp³-hybridized carbons (Fsp3) is 0.542. The van der Waals surface area contributed by atoms with E-state index in [0.717, 1.165) is 47.4 Å². The first-order valence-electron chi connectivity index (χ1n) is 12.6. The third-order valence-corrected chi connectivity index (χ3v) is 7.16. The van der Waals surface area contributed by atoms with E-state index >= 15 is 4.39 Å². The molecule has 2 aliphatic heterocycles. The zero-order valence-corrected chi connectivity index (χ0v) is 21.6. The zero-order chi connectivity index (χ0) is 27.0. The molecule has 0 aliphatic carbocycles. The van der Waals surface area contributed by atoms with Crippen molar-refractivity contribution < 1.29 is 13.5 Å². The number of rotatable bonds is 8. The van der Waals surface area contributed by atoms with Crippen molar-refractivity contribution in [2.75, 3.05) is 30.3 Å². The van der Waals surface area contributed by atoms with Gasteiger partial charge in [-0.1, -0.05) is 0 Å². The zero-order valence-electron chi connectivity index (χ0n) is 21.6. The number of anilines is 3. The summed E-state index contributed by atoms with van der Waals surface area (Å²) in [5.74, 6) is -1.21. The molecule has 12 nitrogen and oxygen atoms in total. The second kappa shape index (κ2) is 10.3. The largest absolute Gasteiger partial charge is 0.490 e. The highest BCUT2D eigenvalue weighted by atomic mass is 19.1. The van der Waals surface area contributed by atoms with Gasteiger partial charge in [0.05, 0.1) is 11.9 Å². The first-order valence-corrected chi connectivity index (χ1v) is 12.6. The number of nitrogens with two attached hydrogens (primary N) is 1. The molecule has 2 aromatic heterocycles. The number of tetrazole rings is 1. The first kappa shape index (κ1) is 26.0. The fourth-order valence-electron chi connectivity index (χ4n) is 5.52. The average molecular weight is 531 g/mol. The highest BCUT2D eigenvalue weighted by Gasteiger charge is 2.43. The number of fused-ring (bicyclic) bond motifs is 1. The van der Waals surface area contributed by atoms with Crippen molar-refractivity contribution in [1.29, 1.82) is 0 Å². The van der Waals surface area contributed by atoms with Crippen molar-refractivity contribution in [3.8, 4) is 11.4 Å². The van der Waals surface area contributed by atoms with Crippen LogP contribution < -0.4 is 26.8 Å². The molecule has 2 saturated heterocycles. The smallest absolute Gasteiger partial charge is 0.368 e. The highest BCUT2D eigenvalue weighted by Crippen LogP contribution is 2.38. The van der Waals surface area contributed by atoms with Crippen LogP contribution >= 0.6 is 0 Å². The van der Waals surface area contributed by atoms with E-state index < -0.39 is 17.3 Å². The molecule has 1 aromatic carbocycles. The Morgan fingerprint density at radius 2 is 2.05 bits per heavy atom. The van der Waals surface area contributed by atoms with Crippen LogP contribution in [0.5, 0.6) is 5.75 Å². The lowest BCUT2D eigenvalue weighted by atomic mass is 9.84. The molecule has 0 radical (unpaired) electrons. The molecular formula is C24H32F2N10O2. The topological polar surface area (TPSA) is 141 Å². The van der Waals surface area contributed by atoms with E-state index in [-0.39, 0.29) is 53.6 Å². The van der Waals surface area contributed by atoms with E-state index in [1.54, 1.807) is 0 Å². The van der Waals surface area contributed by atoms with Crippen LogP contribution in [0.3, 0.4) is 0 Å². The molecular weight excluding hydrogens is 498 g/mol. The summed E-state index contributed by atoms with van der Waals surface area (Å²) >= 11 is 0. The molecule has 204 valence electrons. The molecule has 2 fully saturated rings. The van der Waals surface area contributed by atoms with Gasteiger partial charge in [-0.05, 0) is 62.6 Å². The Kier molecular flexibility index (Phi) is 7.01. The molecule has 2 aliphatic rings. The van der Waals surface area contributed by atoms with Gasteiger partial charge >= 0.3 is 5.69 Å². The Morgan fingerprint density at radius 3 is 2.79 bits per heavy atom. The predicted molar refractivity (Wildman–Crippen MR) is 137 cm³/mol. The number of piperidine rings is 1. The van der Waals surface area contributed by atoms with E-state index in [1.807, 2.05) is 0 Å². The van der Waals surface area contributed by atoms with Crippen LogP contribution in [0.1, 0.15) is 39.5 Å². The van der Waals surface area contributed by atoms with Crippen LogP contribution in [0.25, 0.3) is 5.69 Å². The number of hydrogen-bond donors (Lipinski definition) is 3. The molecule has 2 atom stereocenters. The van der Waals surface area contributed by atoms with Gasteiger partial charge in [0.15, 0.2) is 17.5 Å². The van der Waals surface area contributed by atoms with Crippen LogP contribution in [0.2, 0.25) is 0 Å². The first-order chi connectivity index (χ1) is 18.2. The Balaban J connectivity index is 1.41.